The molecule has 0 saturated carbocycles. The summed E-state index contributed by atoms with van der Waals surface area (Å²) in [6, 6.07) is 7.87. The SMILES string of the molecule is CC1CC(C)C(C)N(C(=O)/C=C/c2cccc(N)c2)C1. The number of carbonyl (C=O) groups is 1. The van der Waals surface area contributed by atoms with Crippen LogP contribution < -0.4 is 5.73 Å². The predicted molar refractivity (Wildman–Crippen MR) is 84.0 cm³/mol. The van der Waals surface area contributed by atoms with Gasteiger partial charge < -0.3 is 10.6 Å². The van der Waals surface area contributed by atoms with Gasteiger partial charge in [-0.15, -0.1) is 0 Å². The molecular formula is C17H24N2O. The second kappa shape index (κ2) is 6.12. The molecule has 20 heavy (non-hydrogen) atoms. The molecule has 0 aliphatic carbocycles. The van der Waals surface area contributed by atoms with Crippen molar-refractivity contribution in [3.8, 4) is 0 Å². The maximum Gasteiger partial charge on any atom is 0.246 e. The molecule has 0 bridgehead atoms. The topological polar surface area (TPSA) is 46.3 Å². The molecule has 1 amide bonds. The highest BCUT2D eigenvalue weighted by Gasteiger charge is 2.30. The van der Waals surface area contributed by atoms with Crippen LogP contribution in [-0.4, -0.2) is 23.4 Å². The highest BCUT2D eigenvalue weighted by Crippen LogP contribution is 2.27. The van der Waals surface area contributed by atoms with Crippen LogP contribution >= 0.6 is 0 Å². The molecule has 1 fully saturated rings. The second-order valence-electron chi connectivity index (χ2n) is 6.05. The van der Waals surface area contributed by atoms with Crippen LogP contribution in [0.25, 0.3) is 6.08 Å². The third-order valence-corrected chi connectivity index (χ3v) is 4.21. The Morgan fingerprint density at radius 1 is 1.35 bits per heavy atom. The zero-order valence-corrected chi connectivity index (χ0v) is 12.5. The summed E-state index contributed by atoms with van der Waals surface area (Å²) in [7, 11) is 0. The third kappa shape index (κ3) is 3.41. The van der Waals surface area contributed by atoms with Crippen LogP contribution in [0, 0.1) is 11.8 Å². The number of likely N-dealkylation sites (tertiary alicyclic amines) is 1. The van der Waals surface area contributed by atoms with Crippen molar-refractivity contribution in [2.45, 2.75) is 33.2 Å². The Kier molecular flexibility index (Phi) is 4.48. The van der Waals surface area contributed by atoms with Gasteiger partial charge in [-0.3, -0.25) is 4.79 Å². The molecule has 2 N–H and O–H groups in total. The van der Waals surface area contributed by atoms with Crippen molar-refractivity contribution in [2.75, 3.05) is 12.3 Å². The van der Waals surface area contributed by atoms with Gasteiger partial charge >= 0.3 is 0 Å². The summed E-state index contributed by atoms with van der Waals surface area (Å²) in [4.78, 5) is 14.4. The maximum absolute atomic E-state index is 12.4. The number of amides is 1. The first kappa shape index (κ1) is 14.6. The molecule has 1 aliphatic heterocycles. The van der Waals surface area contributed by atoms with Gasteiger partial charge in [0.25, 0.3) is 0 Å². The minimum absolute atomic E-state index is 0.0957. The summed E-state index contributed by atoms with van der Waals surface area (Å²) in [5.41, 5.74) is 7.42. The van der Waals surface area contributed by atoms with Gasteiger partial charge in [0, 0.05) is 24.4 Å². The number of nitrogens with two attached hydrogens (primary N) is 1. The van der Waals surface area contributed by atoms with Gasteiger partial charge in [0.1, 0.15) is 0 Å². The molecule has 1 aromatic rings. The van der Waals surface area contributed by atoms with E-state index in [-0.39, 0.29) is 5.91 Å². The van der Waals surface area contributed by atoms with E-state index >= 15 is 0 Å². The van der Waals surface area contributed by atoms with Crippen LogP contribution in [-0.2, 0) is 4.79 Å². The zero-order valence-electron chi connectivity index (χ0n) is 12.5. The lowest BCUT2D eigenvalue weighted by Gasteiger charge is -2.40. The highest BCUT2D eigenvalue weighted by molar-refractivity contribution is 5.92. The van der Waals surface area contributed by atoms with Gasteiger partial charge in [-0.05, 0) is 49.0 Å². The Morgan fingerprint density at radius 3 is 2.80 bits per heavy atom. The first-order valence-electron chi connectivity index (χ1n) is 7.31. The summed E-state index contributed by atoms with van der Waals surface area (Å²) >= 11 is 0. The molecule has 1 heterocycles. The maximum atomic E-state index is 12.4. The number of hydrogen-bond donors (Lipinski definition) is 1. The number of nitrogens with zero attached hydrogens (tertiary/aromatic N) is 1. The van der Waals surface area contributed by atoms with Gasteiger partial charge in [-0.1, -0.05) is 26.0 Å². The van der Waals surface area contributed by atoms with Crippen molar-refractivity contribution in [1.82, 2.24) is 4.90 Å². The molecule has 1 aromatic carbocycles. The molecule has 1 aliphatic rings. The van der Waals surface area contributed by atoms with E-state index in [1.165, 1.54) is 6.42 Å². The predicted octanol–water partition coefficient (Wildman–Crippen LogP) is 3.18. The van der Waals surface area contributed by atoms with Crippen molar-refractivity contribution in [1.29, 1.82) is 0 Å². The number of rotatable bonds is 2. The van der Waals surface area contributed by atoms with Crippen LogP contribution in [0.2, 0.25) is 0 Å². The standard InChI is InChI=1S/C17H24N2O/c1-12-9-13(2)14(3)19(11-12)17(20)8-7-15-5-4-6-16(18)10-15/h4-8,10,12-14H,9,11,18H2,1-3H3/b8-7+. The van der Waals surface area contributed by atoms with Crippen LogP contribution in [0.15, 0.2) is 30.3 Å². The first-order chi connectivity index (χ1) is 9.47. The van der Waals surface area contributed by atoms with E-state index in [0.29, 0.717) is 23.6 Å². The number of carbonyl (C=O) groups excluding carboxylic acids is 1. The van der Waals surface area contributed by atoms with Crippen molar-refractivity contribution in [3.05, 3.63) is 35.9 Å². The van der Waals surface area contributed by atoms with Crippen molar-refractivity contribution in [2.24, 2.45) is 11.8 Å². The molecular weight excluding hydrogens is 248 g/mol. The largest absolute Gasteiger partial charge is 0.399 e. The Labute approximate surface area is 121 Å². The van der Waals surface area contributed by atoms with Crippen LogP contribution in [0.3, 0.4) is 0 Å². The molecule has 3 atom stereocenters. The lowest BCUT2D eigenvalue weighted by molar-refractivity contribution is -0.131. The van der Waals surface area contributed by atoms with Crippen LogP contribution in [0.5, 0.6) is 0 Å². The van der Waals surface area contributed by atoms with E-state index in [0.717, 1.165) is 12.1 Å². The number of nitrogen functional groups attached to an aromatic ring is 1. The summed E-state index contributed by atoms with van der Waals surface area (Å²) in [6.07, 6.45) is 4.70. The van der Waals surface area contributed by atoms with E-state index in [9.17, 15) is 4.79 Å². The molecule has 0 spiro atoms. The van der Waals surface area contributed by atoms with E-state index in [1.807, 2.05) is 35.2 Å². The average molecular weight is 272 g/mol. The molecule has 3 nitrogen and oxygen atoms in total. The minimum atomic E-state index is 0.0957. The van der Waals surface area contributed by atoms with Crippen LogP contribution in [0.4, 0.5) is 5.69 Å². The van der Waals surface area contributed by atoms with Crippen LogP contribution in [0.1, 0.15) is 32.8 Å². The number of hydrogen-bond acceptors (Lipinski definition) is 2. The molecule has 108 valence electrons. The Bertz CT molecular complexity index is 509. The Morgan fingerprint density at radius 2 is 2.10 bits per heavy atom. The monoisotopic (exact) mass is 272 g/mol. The fraction of sp³-hybridized carbons (Fsp3) is 0.471. The second-order valence-corrected chi connectivity index (χ2v) is 6.05. The first-order valence-corrected chi connectivity index (χ1v) is 7.31. The Hall–Kier alpha value is -1.77. The minimum Gasteiger partial charge on any atom is -0.399 e. The molecule has 2 rings (SSSR count). The van der Waals surface area contributed by atoms with E-state index in [2.05, 4.69) is 20.8 Å². The molecule has 0 aromatic heterocycles. The summed E-state index contributed by atoms with van der Waals surface area (Å²) in [6.45, 7) is 7.43. The molecule has 3 unspecified atom stereocenters. The summed E-state index contributed by atoms with van der Waals surface area (Å²) in [5, 5.41) is 0. The van der Waals surface area contributed by atoms with E-state index < -0.39 is 0 Å². The van der Waals surface area contributed by atoms with Gasteiger partial charge in [-0.25, -0.2) is 0 Å². The van der Waals surface area contributed by atoms with Crippen molar-refractivity contribution < 1.29 is 4.79 Å². The lowest BCUT2D eigenvalue weighted by atomic mass is 9.86. The van der Waals surface area contributed by atoms with Gasteiger partial charge in [0.15, 0.2) is 0 Å². The van der Waals surface area contributed by atoms with Gasteiger partial charge in [-0.2, -0.15) is 0 Å². The van der Waals surface area contributed by atoms with Crippen molar-refractivity contribution in [3.63, 3.8) is 0 Å². The summed E-state index contributed by atoms with van der Waals surface area (Å²) in [5.74, 6) is 1.23. The Balaban J connectivity index is 2.07. The fourth-order valence-corrected chi connectivity index (χ4v) is 2.93. The van der Waals surface area contributed by atoms with E-state index in [4.69, 9.17) is 5.73 Å². The number of piperidine rings is 1. The normalized spacial score (nSPS) is 26.9. The summed E-state index contributed by atoms with van der Waals surface area (Å²) < 4.78 is 0. The molecule has 3 heteroatoms. The molecule has 1 saturated heterocycles. The quantitative estimate of drug-likeness (QED) is 0.664. The third-order valence-electron chi connectivity index (χ3n) is 4.21. The number of anilines is 1. The fourth-order valence-electron chi connectivity index (χ4n) is 2.93. The van der Waals surface area contributed by atoms with Gasteiger partial charge in [0.2, 0.25) is 5.91 Å². The van der Waals surface area contributed by atoms with Crippen molar-refractivity contribution >= 4 is 17.7 Å². The van der Waals surface area contributed by atoms with E-state index in [1.54, 1.807) is 6.08 Å². The lowest BCUT2D eigenvalue weighted by Crippen LogP contribution is -2.48. The van der Waals surface area contributed by atoms with Gasteiger partial charge in [0.05, 0.1) is 0 Å². The zero-order chi connectivity index (χ0) is 14.7. The average Bonchev–Trinajstić information content (AvgIpc) is 2.40. The molecule has 0 radical (unpaired) electrons. The smallest absolute Gasteiger partial charge is 0.246 e. The highest BCUT2D eigenvalue weighted by atomic mass is 16.2. The number of benzene rings is 1.